The van der Waals surface area contributed by atoms with Gasteiger partial charge in [-0.3, -0.25) is 0 Å². The lowest BCUT2D eigenvalue weighted by molar-refractivity contribution is 0.571. The zero-order chi connectivity index (χ0) is 10.8. The SMILES string of the molecule is CC(C)(C)C#Cc1cnc(N)nc1N. The Hall–Kier alpha value is -1.76. The summed E-state index contributed by atoms with van der Waals surface area (Å²) in [5.74, 6) is 6.47. The molecule has 0 amide bonds. The van der Waals surface area contributed by atoms with Crippen molar-refractivity contribution < 1.29 is 0 Å². The second-order valence-electron chi connectivity index (χ2n) is 4.03. The van der Waals surface area contributed by atoms with Gasteiger partial charge in [0.25, 0.3) is 0 Å². The molecule has 0 spiro atoms. The molecule has 0 fully saturated rings. The van der Waals surface area contributed by atoms with Crippen LogP contribution in [0.3, 0.4) is 0 Å². The van der Waals surface area contributed by atoms with Gasteiger partial charge in [-0.2, -0.15) is 4.98 Å². The second-order valence-corrected chi connectivity index (χ2v) is 4.03. The highest BCUT2D eigenvalue weighted by Gasteiger charge is 2.04. The summed E-state index contributed by atoms with van der Waals surface area (Å²) in [6, 6.07) is 0. The molecule has 0 bridgehead atoms. The fraction of sp³-hybridized carbons (Fsp3) is 0.400. The van der Waals surface area contributed by atoms with Crippen molar-refractivity contribution in [2.75, 3.05) is 11.5 Å². The largest absolute Gasteiger partial charge is 0.382 e. The molecule has 0 saturated heterocycles. The predicted octanol–water partition coefficient (Wildman–Crippen LogP) is 1.04. The quantitative estimate of drug-likeness (QED) is 0.599. The van der Waals surface area contributed by atoms with Crippen molar-refractivity contribution in [3.63, 3.8) is 0 Å². The molecule has 1 aromatic rings. The fourth-order valence-corrected chi connectivity index (χ4v) is 0.760. The molecule has 14 heavy (non-hydrogen) atoms. The highest BCUT2D eigenvalue weighted by molar-refractivity contribution is 5.51. The van der Waals surface area contributed by atoms with Crippen LogP contribution in [0.15, 0.2) is 6.20 Å². The van der Waals surface area contributed by atoms with Gasteiger partial charge >= 0.3 is 0 Å². The van der Waals surface area contributed by atoms with E-state index in [1.54, 1.807) is 0 Å². The Morgan fingerprint density at radius 2 is 1.93 bits per heavy atom. The van der Waals surface area contributed by atoms with Crippen molar-refractivity contribution in [3.05, 3.63) is 11.8 Å². The summed E-state index contributed by atoms with van der Waals surface area (Å²) in [5, 5.41) is 0. The zero-order valence-electron chi connectivity index (χ0n) is 8.63. The van der Waals surface area contributed by atoms with Crippen molar-refractivity contribution >= 4 is 11.8 Å². The van der Waals surface area contributed by atoms with E-state index in [1.165, 1.54) is 6.20 Å². The van der Waals surface area contributed by atoms with Gasteiger partial charge < -0.3 is 11.5 Å². The molecule has 0 saturated carbocycles. The van der Waals surface area contributed by atoms with Gasteiger partial charge in [0, 0.05) is 5.41 Å². The minimum atomic E-state index is -0.0617. The van der Waals surface area contributed by atoms with E-state index >= 15 is 0 Å². The van der Waals surface area contributed by atoms with E-state index in [9.17, 15) is 0 Å². The summed E-state index contributed by atoms with van der Waals surface area (Å²) in [6.45, 7) is 6.07. The maximum absolute atomic E-state index is 5.62. The van der Waals surface area contributed by atoms with Crippen LogP contribution in [0.1, 0.15) is 26.3 Å². The lowest BCUT2D eigenvalue weighted by atomic mass is 9.97. The molecule has 1 heterocycles. The van der Waals surface area contributed by atoms with Crippen molar-refractivity contribution in [2.24, 2.45) is 5.41 Å². The van der Waals surface area contributed by atoms with Crippen molar-refractivity contribution in [3.8, 4) is 11.8 Å². The summed E-state index contributed by atoms with van der Waals surface area (Å²) in [6.07, 6.45) is 1.54. The van der Waals surface area contributed by atoms with Gasteiger partial charge in [-0.15, -0.1) is 0 Å². The second kappa shape index (κ2) is 3.54. The molecule has 1 rings (SSSR count). The molecule has 0 aliphatic rings. The maximum Gasteiger partial charge on any atom is 0.221 e. The van der Waals surface area contributed by atoms with Gasteiger partial charge in [0.1, 0.15) is 5.82 Å². The molecule has 0 aromatic carbocycles. The number of hydrogen-bond donors (Lipinski definition) is 2. The molecule has 0 radical (unpaired) electrons. The lowest BCUT2D eigenvalue weighted by Crippen LogP contribution is -2.03. The van der Waals surface area contributed by atoms with Crippen LogP contribution in [0.25, 0.3) is 0 Å². The zero-order valence-corrected chi connectivity index (χ0v) is 8.63. The highest BCUT2D eigenvalue weighted by atomic mass is 15.0. The molecule has 0 unspecified atom stereocenters. The Morgan fingerprint density at radius 3 is 2.43 bits per heavy atom. The summed E-state index contributed by atoms with van der Waals surface area (Å²) in [7, 11) is 0. The van der Waals surface area contributed by atoms with E-state index in [-0.39, 0.29) is 11.4 Å². The van der Waals surface area contributed by atoms with Crippen LogP contribution in [0.4, 0.5) is 11.8 Å². The number of rotatable bonds is 0. The monoisotopic (exact) mass is 190 g/mol. The van der Waals surface area contributed by atoms with Crippen molar-refractivity contribution in [1.29, 1.82) is 0 Å². The number of anilines is 2. The Kier molecular flexibility index (Phi) is 2.61. The van der Waals surface area contributed by atoms with Gasteiger partial charge in [0.2, 0.25) is 5.95 Å². The van der Waals surface area contributed by atoms with Gasteiger partial charge in [0.05, 0.1) is 11.8 Å². The Morgan fingerprint density at radius 1 is 1.29 bits per heavy atom. The van der Waals surface area contributed by atoms with E-state index in [2.05, 4.69) is 21.8 Å². The van der Waals surface area contributed by atoms with Crippen molar-refractivity contribution in [1.82, 2.24) is 9.97 Å². The normalized spacial score (nSPS) is 10.5. The van der Waals surface area contributed by atoms with Crippen LogP contribution >= 0.6 is 0 Å². The first-order valence-corrected chi connectivity index (χ1v) is 4.30. The van der Waals surface area contributed by atoms with Crippen LogP contribution in [-0.2, 0) is 0 Å². The van der Waals surface area contributed by atoms with Gasteiger partial charge in [-0.25, -0.2) is 4.98 Å². The molecule has 0 aliphatic carbocycles. The number of hydrogen-bond acceptors (Lipinski definition) is 4. The van der Waals surface area contributed by atoms with Crippen LogP contribution in [0.5, 0.6) is 0 Å². The molecule has 0 aliphatic heterocycles. The summed E-state index contributed by atoms with van der Waals surface area (Å²) >= 11 is 0. The average molecular weight is 190 g/mol. The van der Waals surface area contributed by atoms with Crippen LogP contribution in [-0.4, -0.2) is 9.97 Å². The summed E-state index contributed by atoms with van der Waals surface area (Å²) in [5.41, 5.74) is 11.5. The Balaban J connectivity index is 3.02. The molecular formula is C10H14N4. The Labute approximate surface area is 83.7 Å². The highest BCUT2D eigenvalue weighted by Crippen LogP contribution is 2.12. The van der Waals surface area contributed by atoms with Gasteiger partial charge in [-0.1, -0.05) is 11.8 Å². The van der Waals surface area contributed by atoms with E-state index in [0.717, 1.165) is 0 Å². The van der Waals surface area contributed by atoms with Crippen LogP contribution < -0.4 is 11.5 Å². The minimum Gasteiger partial charge on any atom is -0.382 e. The smallest absolute Gasteiger partial charge is 0.221 e. The molecular weight excluding hydrogens is 176 g/mol. The van der Waals surface area contributed by atoms with Gasteiger partial charge in [-0.05, 0) is 20.8 Å². The molecule has 4 nitrogen and oxygen atoms in total. The van der Waals surface area contributed by atoms with E-state index in [1.807, 2.05) is 20.8 Å². The lowest BCUT2D eigenvalue weighted by Gasteiger charge is -2.07. The molecule has 4 N–H and O–H groups in total. The first-order chi connectivity index (χ1) is 6.38. The Bertz CT molecular complexity index is 393. The minimum absolute atomic E-state index is 0.0617. The molecule has 4 heteroatoms. The fourth-order valence-electron chi connectivity index (χ4n) is 0.760. The van der Waals surface area contributed by atoms with Crippen LogP contribution in [0, 0.1) is 17.3 Å². The maximum atomic E-state index is 5.62. The number of aromatic nitrogens is 2. The van der Waals surface area contributed by atoms with Crippen LogP contribution in [0.2, 0.25) is 0 Å². The molecule has 1 aromatic heterocycles. The standard InChI is InChI=1S/C10H14N4/c1-10(2,3)5-4-7-6-13-9(12)14-8(7)11/h6H,1-3H3,(H4,11,12,13,14). The average Bonchev–Trinajstić information content (AvgIpc) is 2.00. The third-order valence-electron chi connectivity index (χ3n) is 1.41. The van der Waals surface area contributed by atoms with Crippen molar-refractivity contribution in [2.45, 2.75) is 20.8 Å². The number of nitrogen functional groups attached to an aromatic ring is 2. The topological polar surface area (TPSA) is 77.8 Å². The van der Waals surface area contributed by atoms with Gasteiger partial charge in [0.15, 0.2) is 0 Å². The summed E-state index contributed by atoms with van der Waals surface area (Å²) < 4.78 is 0. The third-order valence-corrected chi connectivity index (χ3v) is 1.41. The van der Waals surface area contributed by atoms with E-state index < -0.39 is 0 Å². The molecule has 74 valence electrons. The number of nitrogens with zero attached hydrogens (tertiary/aromatic N) is 2. The molecule has 0 atom stereocenters. The predicted molar refractivity (Wildman–Crippen MR) is 57.2 cm³/mol. The first-order valence-electron chi connectivity index (χ1n) is 4.30. The first kappa shape index (κ1) is 10.3. The van der Waals surface area contributed by atoms with E-state index in [4.69, 9.17) is 11.5 Å². The third kappa shape index (κ3) is 2.94. The van der Waals surface area contributed by atoms with E-state index in [0.29, 0.717) is 11.4 Å². The number of nitrogens with two attached hydrogens (primary N) is 2. The summed E-state index contributed by atoms with van der Waals surface area (Å²) in [4.78, 5) is 7.64.